The maximum absolute atomic E-state index is 12.3. The number of nitrogens with one attached hydrogen (secondary N) is 1. The second kappa shape index (κ2) is 11.0. The van der Waals surface area contributed by atoms with Crippen molar-refractivity contribution in [2.45, 2.75) is 5.16 Å². The van der Waals surface area contributed by atoms with Gasteiger partial charge in [0.15, 0.2) is 11.0 Å². The highest BCUT2D eigenvalue weighted by Crippen LogP contribution is 2.28. The summed E-state index contributed by atoms with van der Waals surface area (Å²) in [5.74, 6) is 0.530. The van der Waals surface area contributed by atoms with Crippen LogP contribution in [-0.2, 0) is 4.79 Å². The minimum absolute atomic E-state index is 0.115. The second-order valence-electron chi connectivity index (χ2n) is 6.74. The van der Waals surface area contributed by atoms with Crippen molar-refractivity contribution in [1.29, 1.82) is 0 Å². The highest BCUT2D eigenvalue weighted by molar-refractivity contribution is 9.10. The van der Waals surface area contributed by atoms with Gasteiger partial charge in [0, 0.05) is 15.7 Å². The van der Waals surface area contributed by atoms with Crippen molar-refractivity contribution < 1.29 is 4.79 Å². The first-order valence-electron chi connectivity index (χ1n) is 9.68. The summed E-state index contributed by atoms with van der Waals surface area (Å²) < 4.78 is 2.91. The Hall–Kier alpha value is -2.65. The van der Waals surface area contributed by atoms with Crippen LogP contribution in [0.2, 0.25) is 10.0 Å². The van der Waals surface area contributed by atoms with Crippen LogP contribution in [0, 0.1) is 0 Å². The Labute approximate surface area is 213 Å². The SMILES string of the molecule is O=C(CSc1nnc(-c2ccc(Br)cc2)n1-c1ccccc1)NN=Cc1ccc(Cl)c(Cl)c1. The van der Waals surface area contributed by atoms with Gasteiger partial charge in [-0.2, -0.15) is 5.10 Å². The van der Waals surface area contributed by atoms with E-state index >= 15 is 0 Å². The van der Waals surface area contributed by atoms with Gasteiger partial charge in [-0.25, -0.2) is 5.43 Å². The third-order valence-electron chi connectivity index (χ3n) is 4.43. The van der Waals surface area contributed by atoms with E-state index < -0.39 is 0 Å². The fourth-order valence-corrected chi connectivity index (χ4v) is 4.21. The third-order valence-corrected chi connectivity index (χ3v) is 6.63. The Kier molecular flexibility index (Phi) is 7.82. The smallest absolute Gasteiger partial charge is 0.250 e. The average molecular weight is 561 g/mol. The topological polar surface area (TPSA) is 72.2 Å². The van der Waals surface area contributed by atoms with Crippen molar-refractivity contribution in [3.63, 3.8) is 0 Å². The minimum Gasteiger partial charge on any atom is -0.272 e. The number of nitrogens with zero attached hydrogens (tertiary/aromatic N) is 4. The molecule has 4 aromatic rings. The summed E-state index contributed by atoms with van der Waals surface area (Å²) in [5.41, 5.74) is 5.05. The van der Waals surface area contributed by atoms with Crippen LogP contribution in [0.15, 0.2) is 87.5 Å². The molecule has 1 aromatic heterocycles. The number of rotatable bonds is 7. The van der Waals surface area contributed by atoms with E-state index in [4.69, 9.17) is 23.2 Å². The fourth-order valence-electron chi connectivity index (χ4n) is 2.89. The van der Waals surface area contributed by atoms with Crippen LogP contribution < -0.4 is 5.43 Å². The lowest BCUT2D eigenvalue weighted by atomic mass is 10.2. The van der Waals surface area contributed by atoms with Crippen LogP contribution in [-0.4, -0.2) is 32.6 Å². The Balaban J connectivity index is 1.48. The number of hydrogen-bond acceptors (Lipinski definition) is 5. The van der Waals surface area contributed by atoms with Gasteiger partial charge in [0.25, 0.3) is 5.91 Å². The molecule has 33 heavy (non-hydrogen) atoms. The number of carbonyl (C=O) groups is 1. The van der Waals surface area contributed by atoms with Gasteiger partial charge in [0.2, 0.25) is 0 Å². The molecule has 0 radical (unpaired) electrons. The van der Waals surface area contributed by atoms with Crippen LogP contribution >= 0.6 is 50.9 Å². The highest BCUT2D eigenvalue weighted by atomic mass is 79.9. The average Bonchev–Trinajstić information content (AvgIpc) is 3.25. The van der Waals surface area contributed by atoms with Gasteiger partial charge < -0.3 is 0 Å². The number of benzene rings is 3. The third kappa shape index (κ3) is 6.03. The molecule has 0 aliphatic rings. The first kappa shape index (κ1) is 23.5. The maximum Gasteiger partial charge on any atom is 0.250 e. The molecule has 0 bridgehead atoms. The second-order valence-corrected chi connectivity index (χ2v) is 9.41. The highest BCUT2D eigenvalue weighted by Gasteiger charge is 2.17. The molecule has 166 valence electrons. The zero-order chi connectivity index (χ0) is 23.2. The lowest BCUT2D eigenvalue weighted by Crippen LogP contribution is -2.20. The van der Waals surface area contributed by atoms with Gasteiger partial charge in [-0.3, -0.25) is 9.36 Å². The predicted octanol–water partition coefficient (Wildman–Crippen LogP) is 6.25. The Morgan fingerprint density at radius 1 is 1.03 bits per heavy atom. The molecule has 0 aliphatic heterocycles. The van der Waals surface area contributed by atoms with Crippen molar-refractivity contribution in [3.8, 4) is 17.1 Å². The van der Waals surface area contributed by atoms with Crippen LogP contribution in [0.1, 0.15) is 5.56 Å². The number of hydrogen-bond donors (Lipinski definition) is 1. The lowest BCUT2D eigenvalue weighted by molar-refractivity contribution is -0.118. The number of aromatic nitrogens is 3. The summed E-state index contributed by atoms with van der Waals surface area (Å²) >= 11 is 16.6. The molecule has 6 nitrogen and oxygen atoms in total. The van der Waals surface area contributed by atoms with Crippen LogP contribution in [0.25, 0.3) is 17.1 Å². The molecular weight excluding hydrogens is 545 g/mol. The van der Waals surface area contributed by atoms with Crippen molar-refractivity contribution in [3.05, 3.63) is 92.9 Å². The van der Waals surface area contributed by atoms with Crippen LogP contribution in [0.5, 0.6) is 0 Å². The summed E-state index contributed by atoms with van der Waals surface area (Å²) in [5, 5.41) is 14.2. The summed E-state index contributed by atoms with van der Waals surface area (Å²) in [6, 6.07) is 22.7. The number of thioether (sulfide) groups is 1. The van der Waals surface area contributed by atoms with E-state index in [0.717, 1.165) is 21.3 Å². The zero-order valence-corrected chi connectivity index (χ0v) is 20.9. The van der Waals surface area contributed by atoms with Crippen LogP contribution in [0.3, 0.4) is 0 Å². The first-order valence-corrected chi connectivity index (χ1v) is 12.2. The number of para-hydroxylation sites is 1. The van der Waals surface area contributed by atoms with E-state index in [1.807, 2.05) is 59.2 Å². The number of amides is 1. The first-order chi connectivity index (χ1) is 16.0. The van der Waals surface area contributed by atoms with E-state index in [0.29, 0.717) is 21.0 Å². The van der Waals surface area contributed by atoms with Gasteiger partial charge in [-0.15, -0.1) is 10.2 Å². The molecule has 0 fully saturated rings. The Morgan fingerprint density at radius 2 is 1.79 bits per heavy atom. The lowest BCUT2D eigenvalue weighted by Gasteiger charge is -2.10. The van der Waals surface area contributed by atoms with Gasteiger partial charge in [-0.05, 0) is 42.0 Å². The summed E-state index contributed by atoms with van der Waals surface area (Å²) in [6.07, 6.45) is 1.50. The number of hydrazone groups is 1. The van der Waals surface area contributed by atoms with E-state index in [1.165, 1.54) is 18.0 Å². The van der Waals surface area contributed by atoms with Crippen LogP contribution in [0.4, 0.5) is 0 Å². The summed E-state index contributed by atoms with van der Waals surface area (Å²) in [6.45, 7) is 0. The quantitative estimate of drug-likeness (QED) is 0.165. The normalized spacial score (nSPS) is 11.1. The molecule has 1 heterocycles. The molecule has 0 aliphatic carbocycles. The van der Waals surface area contributed by atoms with Gasteiger partial charge in [-0.1, -0.05) is 87.3 Å². The van der Waals surface area contributed by atoms with Crippen molar-refractivity contribution in [2.75, 3.05) is 5.75 Å². The van der Waals surface area contributed by atoms with E-state index in [2.05, 4.69) is 36.7 Å². The largest absolute Gasteiger partial charge is 0.272 e. The van der Waals surface area contributed by atoms with Crippen molar-refractivity contribution in [2.24, 2.45) is 5.10 Å². The molecule has 3 aromatic carbocycles. The monoisotopic (exact) mass is 559 g/mol. The van der Waals surface area contributed by atoms with Crippen molar-refractivity contribution >= 4 is 63.0 Å². The van der Waals surface area contributed by atoms with E-state index in [-0.39, 0.29) is 11.7 Å². The molecule has 10 heteroatoms. The molecule has 4 rings (SSSR count). The van der Waals surface area contributed by atoms with Crippen molar-refractivity contribution in [1.82, 2.24) is 20.2 Å². The molecule has 1 N–H and O–H groups in total. The summed E-state index contributed by atoms with van der Waals surface area (Å²) in [7, 11) is 0. The molecule has 0 saturated heterocycles. The predicted molar refractivity (Wildman–Crippen MR) is 137 cm³/mol. The Morgan fingerprint density at radius 3 is 2.52 bits per heavy atom. The molecule has 0 atom stereocenters. The fraction of sp³-hybridized carbons (Fsp3) is 0.0435. The molecular formula is C23H16BrCl2N5OS. The standard InChI is InChI=1S/C23H16BrCl2N5OS/c24-17-9-7-16(8-10-17)22-29-30-23(31(22)18-4-2-1-3-5-18)33-14-21(32)28-27-13-15-6-11-19(25)20(26)12-15/h1-13H,14H2,(H,28,32). The molecule has 1 amide bonds. The summed E-state index contributed by atoms with van der Waals surface area (Å²) in [4.78, 5) is 12.3. The minimum atomic E-state index is -0.274. The molecule has 0 unspecified atom stereocenters. The van der Waals surface area contributed by atoms with E-state index in [9.17, 15) is 4.79 Å². The van der Waals surface area contributed by atoms with Gasteiger partial charge >= 0.3 is 0 Å². The molecule has 0 saturated carbocycles. The van der Waals surface area contributed by atoms with Gasteiger partial charge in [0.1, 0.15) is 0 Å². The number of carbonyl (C=O) groups excluding carboxylic acids is 1. The maximum atomic E-state index is 12.3. The Bertz CT molecular complexity index is 1300. The molecule has 0 spiro atoms. The van der Waals surface area contributed by atoms with Gasteiger partial charge in [0.05, 0.1) is 22.0 Å². The zero-order valence-electron chi connectivity index (χ0n) is 17.0. The number of halogens is 3. The van der Waals surface area contributed by atoms with E-state index in [1.54, 1.807) is 18.2 Å².